The van der Waals surface area contributed by atoms with E-state index in [0.717, 1.165) is 42.7 Å². The van der Waals surface area contributed by atoms with Gasteiger partial charge in [-0.05, 0) is 92.7 Å². The van der Waals surface area contributed by atoms with Crippen LogP contribution in [-0.2, 0) is 4.74 Å². The highest BCUT2D eigenvalue weighted by molar-refractivity contribution is 5.38. The Morgan fingerprint density at radius 1 is 1.28 bits per heavy atom. The van der Waals surface area contributed by atoms with E-state index in [1.54, 1.807) is 5.57 Å². The van der Waals surface area contributed by atoms with Gasteiger partial charge < -0.3 is 14.9 Å². The molecule has 1 aliphatic heterocycles. The van der Waals surface area contributed by atoms with Crippen LogP contribution >= 0.6 is 0 Å². The average Bonchev–Trinajstić information content (AvgIpc) is 3.12. The van der Waals surface area contributed by atoms with Crippen molar-refractivity contribution in [2.45, 2.75) is 90.4 Å². The van der Waals surface area contributed by atoms with Gasteiger partial charge in [-0.25, -0.2) is 0 Å². The zero-order chi connectivity index (χ0) is 22.9. The molecule has 0 radical (unpaired) electrons. The summed E-state index contributed by atoms with van der Waals surface area (Å²) in [5, 5.41) is 20.3. The summed E-state index contributed by atoms with van der Waals surface area (Å²) >= 11 is 0. The third-order valence-electron chi connectivity index (χ3n) is 9.37. The lowest BCUT2D eigenvalue weighted by Gasteiger charge is -2.45. The number of allylic oxidation sites excluding steroid dienone is 3. The van der Waals surface area contributed by atoms with Crippen LogP contribution in [0.2, 0.25) is 0 Å². The maximum Gasteiger partial charge on any atom is 0.0811 e. The van der Waals surface area contributed by atoms with Crippen molar-refractivity contribution >= 4 is 0 Å². The number of morpholine rings is 1. The average molecular weight is 444 g/mol. The van der Waals surface area contributed by atoms with Crippen LogP contribution in [0.25, 0.3) is 0 Å². The van der Waals surface area contributed by atoms with Crippen LogP contribution in [0.4, 0.5) is 0 Å². The number of rotatable bonds is 5. The van der Waals surface area contributed by atoms with Crippen LogP contribution < -0.4 is 0 Å². The molecule has 4 fully saturated rings. The largest absolute Gasteiger partial charge is 0.393 e. The fourth-order valence-electron chi connectivity index (χ4n) is 7.34. The molecule has 1 saturated heterocycles. The molecule has 1 unspecified atom stereocenters. The fourth-order valence-corrected chi connectivity index (χ4v) is 7.34. The number of aliphatic hydroxyl groups is 2. The molecule has 4 aliphatic rings. The standard InChI is InChI=1S/C28H45NO3/c1-19(11-13-29-14-15-32-18-20(29)2)25-9-10-26-22(6-5-12-28(25,26)4)7-8-23-16-24(30)17-27(31)21(23)3/h7-8,19-20,24-27,30-31H,3,5-6,9-18H2,1-2,4H3/b22-7+,23-8-/t19?,20-,24-,25-,26+,27-,28-/m1/s1. The second kappa shape index (κ2) is 10.1. The highest BCUT2D eigenvalue weighted by Gasteiger charge is 2.50. The minimum atomic E-state index is -0.606. The van der Waals surface area contributed by atoms with Crippen molar-refractivity contribution < 1.29 is 14.9 Å². The first-order valence-corrected chi connectivity index (χ1v) is 13.1. The van der Waals surface area contributed by atoms with E-state index in [1.807, 2.05) is 0 Å². The van der Waals surface area contributed by atoms with E-state index < -0.39 is 12.2 Å². The molecule has 2 N–H and O–H groups in total. The summed E-state index contributed by atoms with van der Waals surface area (Å²) in [7, 11) is 0. The summed E-state index contributed by atoms with van der Waals surface area (Å²) in [6.07, 6.45) is 12.2. The Morgan fingerprint density at radius 3 is 2.88 bits per heavy atom. The molecule has 1 heterocycles. The van der Waals surface area contributed by atoms with Gasteiger partial charge in [0.2, 0.25) is 0 Å². The SMILES string of the molecule is C=C1/C(=C\C=C2/CCC[C@]3(C)[C@@H](C(C)CCN4CCOC[C@H]4C)CC[C@@H]23)C[C@@H](O)C[C@H]1O. The summed E-state index contributed by atoms with van der Waals surface area (Å²) in [6.45, 7) is 15.5. The summed E-state index contributed by atoms with van der Waals surface area (Å²) < 4.78 is 5.62. The molecule has 0 aromatic heterocycles. The summed E-state index contributed by atoms with van der Waals surface area (Å²) in [4.78, 5) is 2.62. The third-order valence-corrected chi connectivity index (χ3v) is 9.37. The first-order valence-electron chi connectivity index (χ1n) is 13.1. The number of ether oxygens (including phenoxy) is 1. The van der Waals surface area contributed by atoms with Crippen molar-refractivity contribution in [1.82, 2.24) is 4.90 Å². The van der Waals surface area contributed by atoms with Crippen molar-refractivity contribution in [3.8, 4) is 0 Å². The minimum absolute atomic E-state index is 0.404. The molecule has 3 aliphatic carbocycles. The molecule has 180 valence electrons. The Labute approximate surface area is 195 Å². The van der Waals surface area contributed by atoms with E-state index in [2.05, 4.69) is 44.4 Å². The van der Waals surface area contributed by atoms with Crippen LogP contribution in [0.5, 0.6) is 0 Å². The lowest BCUT2D eigenvalue weighted by atomic mass is 9.61. The molecule has 4 heteroatoms. The molecule has 0 spiro atoms. The van der Waals surface area contributed by atoms with Crippen LogP contribution in [-0.4, -0.2) is 59.7 Å². The summed E-state index contributed by atoms with van der Waals surface area (Å²) in [6, 6.07) is 0.548. The Kier molecular flexibility index (Phi) is 7.66. The molecule has 3 saturated carbocycles. The van der Waals surface area contributed by atoms with Crippen LogP contribution in [0, 0.1) is 23.2 Å². The van der Waals surface area contributed by atoms with E-state index in [1.165, 1.54) is 45.1 Å². The van der Waals surface area contributed by atoms with E-state index in [4.69, 9.17) is 4.74 Å². The zero-order valence-corrected chi connectivity index (χ0v) is 20.6. The monoisotopic (exact) mass is 443 g/mol. The van der Waals surface area contributed by atoms with Crippen LogP contribution in [0.1, 0.15) is 72.1 Å². The third kappa shape index (κ3) is 4.94. The lowest BCUT2D eigenvalue weighted by molar-refractivity contribution is -0.00570. The molecule has 4 nitrogen and oxygen atoms in total. The second-order valence-corrected chi connectivity index (χ2v) is 11.4. The van der Waals surface area contributed by atoms with Gasteiger partial charge in [0.15, 0.2) is 0 Å². The molecule has 0 amide bonds. The van der Waals surface area contributed by atoms with Gasteiger partial charge >= 0.3 is 0 Å². The highest BCUT2D eigenvalue weighted by Crippen LogP contribution is 2.59. The Morgan fingerprint density at radius 2 is 2.09 bits per heavy atom. The van der Waals surface area contributed by atoms with Gasteiger partial charge in [-0.1, -0.05) is 38.2 Å². The van der Waals surface area contributed by atoms with Crippen molar-refractivity contribution in [1.29, 1.82) is 0 Å². The van der Waals surface area contributed by atoms with Gasteiger partial charge in [0.25, 0.3) is 0 Å². The van der Waals surface area contributed by atoms with Gasteiger partial charge in [-0.3, -0.25) is 4.90 Å². The van der Waals surface area contributed by atoms with Gasteiger partial charge in [0, 0.05) is 19.0 Å². The number of aliphatic hydroxyl groups excluding tert-OH is 2. The maximum atomic E-state index is 10.2. The van der Waals surface area contributed by atoms with Gasteiger partial charge in [0.1, 0.15) is 0 Å². The molecule has 4 rings (SSSR count). The summed E-state index contributed by atoms with van der Waals surface area (Å²) in [5.41, 5.74) is 3.81. The van der Waals surface area contributed by atoms with Crippen molar-refractivity contribution in [2.24, 2.45) is 23.2 Å². The molecule has 7 atom stereocenters. The molecule has 0 aromatic carbocycles. The second-order valence-electron chi connectivity index (χ2n) is 11.4. The van der Waals surface area contributed by atoms with E-state index >= 15 is 0 Å². The van der Waals surface area contributed by atoms with E-state index in [0.29, 0.717) is 30.2 Å². The van der Waals surface area contributed by atoms with Crippen LogP contribution in [0.15, 0.2) is 35.5 Å². The molecular formula is C28H45NO3. The Balaban J connectivity index is 1.43. The summed E-state index contributed by atoms with van der Waals surface area (Å²) in [5.74, 6) is 2.23. The Bertz CT molecular complexity index is 743. The molecular weight excluding hydrogens is 398 g/mol. The van der Waals surface area contributed by atoms with Gasteiger partial charge in [-0.15, -0.1) is 0 Å². The van der Waals surface area contributed by atoms with Crippen molar-refractivity contribution in [3.05, 3.63) is 35.5 Å². The normalized spacial score (nSPS) is 42.4. The Hall–Kier alpha value is -0.940. The number of hydrogen-bond donors (Lipinski definition) is 2. The predicted molar refractivity (Wildman–Crippen MR) is 130 cm³/mol. The highest BCUT2D eigenvalue weighted by atomic mass is 16.5. The number of nitrogens with zero attached hydrogens (tertiary/aromatic N) is 1. The maximum absolute atomic E-state index is 10.2. The predicted octanol–water partition coefficient (Wildman–Crippen LogP) is 4.87. The van der Waals surface area contributed by atoms with Crippen molar-refractivity contribution in [3.63, 3.8) is 0 Å². The molecule has 32 heavy (non-hydrogen) atoms. The fraction of sp³-hybridized carbons (Fsp3) is 0.786. The van der Waals surface area contributed by atoms with Gasteiger partial charge in [0.05, 0.1) is 25.4 Å². The van der Waals surface area contributed by atoms with Crippen molar-refractivity contribution in [2.75, 3.05) is 26.3 Å². The smallest absolute Gasteiger partial charge is 0.0811 e. The topological polar surface area (TPSA) is 52.9 Å². The van der Waals surface area contributed by atoms with E-state index in [-0.39, 0.29) is 0 Å². The van der Waals surface area contributed by atoms with Gasteiger partial charge in [-0.2, -0.15) is 0 Å². The lowest BCUT2D eigenvalue weighted by Crippen LogP contribution is -2.45. The quantitative estimate of drug-likeness (QED) is 0.636. The first kappa shape index (κ1) is 24.2. The van der Waals surface area contributed by atoms with E-state index in [9.17, 15) is 10.2 Å². The molecule has 0 bridgehead atoms. The van der Waals surface area contributed by atoms with Crippen LogP contribution in [0.3, 0.4) is 0 Å². The minimum Gasteiger partial charge on any atom is -0.393 e. The zero-order valence-electron chi connectivity index (χ0n) is 20.6. The molecule has 0 aromatic rings. The number of hydrogen-bond acceptors (Lipinski definition) is 4. The first-order chi connectivity index (χ1) is 15.3. The number of fused-ring (bicyclic) bond motifs is 1.